The summed E-state index contributed by atoms with van der Waals surface area (Å²) < 4.78 is 0. The summed E-state index contributed by atoms with van der Waals surface area (Å²) in [6, 6.07) is 5.81. The molecule has 1 fully saturated rings. The fourth-order valence-electron chi connectivity index (χ4n) is 3.04. The van der Waals surface area contributed by atoms with Crippen LogP contribution in [0.3, 0.4) is 0 Å². The van der Waals surface area contributed by atoms with Gasteiger partial charge in [0.2, 0.25) is 0 Å². The Kier molecular flexibility index (Phi) is 4.69. The molecule has 2 rings (SSSR count). The summed E-state index contributed by atoms with van der Waals surface area (Å²) in [5.74, 6) is 0.360. The Morgan fingerprint density at radius 1 is 1.23 bits per heavy atom. The Bertz CT molecular complexity index is 538. The van der Waals surface area contributed by atoms with Crippen molar-refractivity contribution >= 4 is 17.3 Å². The van der Waals surface area contributed by atoms with Crippen LogP contribution >= 0.6 is 0 Å². The quantitative estimate of drug-likeness (QED) is 0.757. The number of aliphatic carboxylic acids is 1. The zero-order valence-corrected chi connectivity index (χ0v) is 14.1. The second kappa shape index (κ2) is 6.19. The van der Waals surface area contributed by atoms with Gasteiger partial charge in [-0.05, 0) is 42.4 Å². The van der Waals surface area contributed by atoms with Crippen molar-refractivity contribution in [3.63, 3.8) is 0 Å². The number of rotatable bonds is 7. The van der Waals surface area contributed by atoms with Gasteiger partial charge in [0.05, 0.1) is 16.8 Å². The Hall–Kier alpha value is -1.71. The molecule has 122 valence electrons. The monoisotopic (exact) mass is 304 g/mol. The molecule has 3 N–H and O–H groups in total. The smallest absolute Gasteiger partial charge is 0.314 e. The van der Waals surface area contributed by atoms with E-state index in [1.165, 1.54) is 0 Å². The number of hydrogen-bond acceptors (Lipinski definition) is 3. The van der Waals surface area contributed by atoms with Gasteiger partial charge in [0.15, 0.2) is 0 Å². The zero-order valence-electron chi connectivity index (χ0n) is 14.1. The molecule has 0 amide bonds. The van der Waals surface area contributed by atoms with Gasteiger partial charge in [-0.1, -0.05) is 33.8 Å². The van der Waals surface area contributed by atoms with Crippen LogP contribution in [0.4, 0.5) is 11.4 Å². The minimum Gasteiger partial charge on any atom is -0.481 e. The number of carboxylic acids is 1. The van der Waals surface area contributed by atoms with Crippen LogP contribution in [-0.2, 0) is 10.2 Å². The molecule has 1 aromatic rings. The Morgan fingerprint density at radius 3 is 2.14 bits per heavy atom. The van der Waals surface area contributed by atoms with Gasteiger partial charge in [-0.3, -0.25) is 4.79 Å². The van der Waals surface area contributed by atoms with E-state index in [2.05, 4.69) is 32.6 Å². The second-order valence-electron chi connectivity index (χ2n) is 7.35. The lowest BCUT2D eigenvalue weighted by Gasteiger charge is -2.30. The first kappa shape index (κ1) is 16.7. The molecule has 0 aliphatic heterocycles. The van der Waals surface area contributed by atoms with Crippen LogP contribution in [0.2, 0.25) is 0 Å². The van der Waals surface area contributed by atoms with Crippen LogP contribution < -0.4 is 10.6 Å². The average molecular weight is 304 g/mol. The van der Waals surface area contributed by atoms with Crippen molar-refractivity contribution in [3.05, 3.63) is 23.8 Å². The summed E-state index contributed by atoms with van der Waals surface area (Å²) >= 11 is 0. The summed E-state index contributed by atoms with van der Waals surface area (Å²) in [6.07, 6.45) is 1.42. The first-order valence-electron chi connectivity index (χ1n) is 8.14. The van der Waals surface area contributed by atoms with Crippen molar-refractivity contribution in [1.82, 2.24) is 0 Å². The van der Waals surface area contributed by atoms with E-state index in [1.807, 2.05) is 18.2 Å². The molecule has 4 heteroatoms. The molecule has 1 saturated carbocycles. The topological polar surface area (TPSA) is 66.6 Å². The second-order valence-corrected chi connectivity index (χ2v) is 7.35. The van der Waals surface area contributed by atoms with Gasteiger partial charge in [0.25, 0.3) is 0 Å². The molecule has 1 aliphatic carbocycles. The van der Waals surface area contributed by atoms with E-state index in [1.54, 1.807) is 0 Å². The summed E-state index contributed by atoms with van der Waals surface area (Å²) in [5.41, 5.74) is 8.13. The average Bonchev–Trinajstić information content (AvgIpc) is 3.17. The van der Waals surface area contributed by atoms with Gasteiger partial charge in [-0.25, -0.2) is 0 Å². The van der Waals surface area contributed by atoms with Crippen LogP contribution in [0.25, 0.3) is 0 Å². The third kappa shape index (κ3) is 3.37. The predicted molar refractivity (Wildman–Crippen MR) is 91.3 cm³/mol. The molecule has 0 unspecified atom stereocenters. The van der Waals surface area contributed by atoms with Crippen molar-refractivity contribution in [2.24, 2.45) is 11.8 Å². The first-order valence-corrected chi connectivity index (χ1v) is 8.14. The summed E-state index contributed by atoms with van der Waals surface area (Å²) in [4.78, 5) is 13.8. The third-order valence-corrected chi connectivity index (χ3v) is 4.25. The fourth-order valence-corrected chi connectivity index (χ4v) is 3.04. The van der Waals surface area contributed by atoms with Crippen LogP contribution in [0.15, 0.2) is 18.2 Å². The lowest BCUT2D eigenvalue weighted by atomic mass is 9.95. The molecule has 0 saturated heterocycles. The maximum absolute atomic E-state index is 11.5. The van der Waals surface area contributed by atoms with Crippen LogP contribution in [-0.4, -0.2) is 24.2 Å². The molecule has 4 nitrogen and oxygen atoms in total. The number of nitrogens with two attached hydrogens (primary N) is 1. The van der Waals surface area contributed by atoms with Crippen LogP contribution in [0.5, 0.6) is 0 Å². The van der Waals surface area contributed by atoms with Crippen molar-refractivity contribution in [2.45, 2.75) is 46.0 Å². The van der Waals surface area contributed by atoms with Gasteiger partial charge in [-0.15, -0.1) is 0 Å². The highest BCUT2D eigenvalue weighted by Gasteiger charge is 2.51. The fraction of sp³-hybridized carbons (Fsp3) is 0.611. The predicted octanol–water partition coefficient (Wildman–Crippen LogP) is 3.50. The summed E-state index contributed by atoms with van der Waals surface area (Å²) in [5, 5.41) is 9.41. The summed E-state index contributed by atoms with van der Waals surface area (Å²) in [6.45, 7) is 10.7. The lowest BCUT2D eigenvalue weighted by Crippen LogP contribution is -2.32. The number of hydrogen-bond donors (Lipinski definition) is 2. The van der Waals surface area contributed by atoms with Gasteiger partial charge in [0, 0.05) is 13.1 Å². The van der Waals surface area contributed by atoms with E-state index < -0.39 is 11.4 Å². The maximum Gasteiger partial charge on any atom is 0.314 e. The Labute approximate surface area is 133 Å². The molecule has 0 spiro atoms. The molecule has 1 aliphatic rings. The number of nitrogens with zero attached hydrogens (tertiary/aromatic N) is 1. The van der Waals surface area contributed by atoms with Crippen molar-refractivity contribution in [3.8, 4) is 0 Å². The molecule has 0 heterocycles. The molecule has 0 aromatic heterocycles. The third-order valence-electron chi connectivity index (χ3n) is 4.25. The molecule has 1 aromatic carbocycles. The number of nitrogen functional groups attached to an aromatic ring is 1. The van der Waals surface area contributed by atoms with E-state index in [9.17, 15) is 9.90 Å². The minimum atomic E-state index is -0.735. The highest BCUT2D eigenvalue weighted by molar-refractivity contribution is 5.86. The summed E-state index contributed by atoms with van der Waals surface area (Å²) in [7, 11) is 0. The van der Waals surface area contributed by atoms with E-state index in [-0.39, 0.29) is 0 Å². The largest absolute Gasteiger partial charge is 0.481 e. The van der Waals surface area contributed by atoms with Crippen molar-refractivity contribution in [1.29, 1.82) is 0 Å². The molecular formula is C18H28N2O2. The van der Waals surface area contributed by atoms with Gasteiger partial charge < -0.3 is 15.7 Å². The molecule has 0 atom stereocenters. The molecular weight excluding hydrogens is 276 g/mol. The highest BCUT2D eigenvalue weighted by Crippen LogP contribution is 2.49. The maximum atomic E-state index is 11.5. The van der Waals surface area contributed by atoms with Crippen molar-refractivity contribution < 1.29 is 9.90 Å². The Balaban J connectivity index is 2.29. The number of carbonyl (C=O) groups is 1. The SMILES string of the molecule is CC(C)CN(CC(C)C)c1ccc(C2(C(=O)O)CC2)cc1N. The van der Waals surface area contributed by atoms with Crippen LogP contribution in [0, 0.1) is 11.8 Å². The van der Waals surface area contributed by atoms with E-state index in [0.29, 0.717) is 30.4 Å². The number of anilines is 2. The Morgan fingerprint density at radius 2 is 1.77 bits per heavy atom. The molecule has 0 bridgehead atoms. The van der Waals surface area contributed by atoms with E-state index >= 15 is 0 Å². The van der Waals surface area contributed by atoms with Gasteiger partial charge in [-0.2, -0.15) is 0 Å². The normalized spacial score (nSPS) is 16.1. The van der Waals surface area contributed by atoms with Gasteiger partial charge >= 0.3 is 5.97 Å². The highest BCUT2D eigenvalue weighted by atomic mass is 16.4. The molecule has 22 heavy (non-hydrogen) atoms. The molecule has 0 radical (unpaired) electrons. The zero-order chi connectivity index (χ0) is 16.5. The first-order chi connectivity index (χ1) is 10.3. The lowest BCUT2D eigenvalue weighted by molar-refractivity contribution is -0.140. The van der Waals surface area contributed by atoms with Gasteiger partial charge in [0.1, 0.15) is 0 Å². The van der Waals surface area contributed by atoms with E-state index in [0.717, 1.165) is 24.3 Å². The van der Waals surface area contributed by atoms with E-state index in [4.69, 9.17) is 5.73 Å². The number of benzene rings is 1. The minimum absolute atomic E-state index is 0.548. The van der Waals surface area contributed by atoms with Crippen molar-refractivity contribution in [2.75, 3.05) is 23.7 Å². The number of carboxylic acid groups (broad SMARTS) is 1. The standard InChI is InChI=1S/C18H28N2O2/c1-12(2)10-20(11-13(3)4)16-6-5-14(9-15(16)19)18(7-8-18)17(21)22/h5-6,9,12-13H,7-8,10-11,19H2,1-4H3,(H,21,22). The van der Waals surface area contributed by atoms with Crippen LogP contribution in [0.1, 0.15) is 46.1 Å².